The molecule has 1 aromatic rings. The zero-order valence-electron chi connectivity index (χ0n) is 10.3. The highest BCUT2D eigenvalue weighted by Crippen LogP contribution is 2.27. The van der Waals surface area contributed by atoms with Gasteiger partial charge in [0.25, 0.3) is 0 Å². The van der Waals surface area contributed by atoms with Crippen LogP contribution >= 0.6 is 35.1 Å². The lowest BCUT2D eigenvalue weighted by Gasteiger charge is -2.23. The molecule has 1 aliphatic heterocycles. The van der Waals surface area contributed by atoms with Gasteiger partial charge in [-0.05, 0) is 36.1 Å². The van der Waals surface area contributed by atoms with Crippen LogP contribution in [-0.4, -0.2) is 35.1 Å². The quantitative estimate of drug-likeness (QED) is 0.920. The van der Waals surface area contributed by atoms with E-state index in [0.29, 0.717) is 6.04 Å². The summed E-state index contributed by atoms with van der Waals surface area (Å²) in [6.07, 6.45) is 2.30. The van der Waals surface area contributed by atoms with Gasteiger partial charge in [0.1, 0.15) is 0 Å². The SMILES string of the molecule is Clc1ccc2c(c1)CC(NCC1CSCCS1)C2. The molecule has 1 saturated heterocycles. The second kappa shape index (κ2) is 6.08. The highest BCUT2D eigenvalue weighted by atomic mass is 35.5. The van der Waals surface area contributed by atoms with Crippen LogP contribution in [0.25, 0.3) is 0 Å². The molecule has 0 bridgehead atoms. The molecule has 1 fully saturated rings. The molecule has 0 radical (unpaired) electrons. The third-order valence-electron chi connectivity index (χ3n) is 3.62. The van der Waals surface area contributed by atoms with Crippen LogP contribution in [0.2, 0.25) is 5.02 Å². The third kappa shape index (κ3) is 3.19. The van der Waals surface area contributed by atoms with Gasteiger partial charge in [-0.25, -0.2) is 0 Å². The minimum Gasteiger partial charge on any atom is -0.312 e. The van der Waals surface area contributed by atoms with E-state index in [0.717, 1.165) is 29.7 Å². The van der Waals surface area contributed by atoms with Gasteiger partial charge >= 0.3 is 0 Å². The summed E-state index contributed by atoms with van der Waals surface area (Å²) < 4.78 is 0. The molecule has 98 valence electrons. The molecule has 1 aliphatic carbocycles. The van der Waals surface area contributed by atoms with Gasteiger partial charge in [0.05, 0.1) is 0 Å². The summed E-state index contributed by atoms with van der Waals surface area (Å²) in [7, 11) is 0. The van der Waals surface area contributed by atoms with E-state index in [-0.39, 0.29) is 0 Å². The standard InChI is InChI=1S/C14H18ClNS2/c15-12-2-1-10-6-13(7-11(10)5-12)16-8-14-9-17-3-4-18-14/h1-2,5,13-14,16H,3-4,6-9H2. The van der Waals surface area contributed by atoms with Crippen LogP contribution < -0.4 is 5.32 Å². The number of thioether (sulfide) groups is 2. The molecule has 1 heterocycles. The van der Waals surface area contributed by atoms with E-state index in [9.17, 15) is 0 Å². The lowest BCUT2D eigenvalue weighted by Crippen LogP contribution is -2.37. The van der Waals surface area contributed by atoms with Crippen molar-refractivity contribution < 1.29 is 0 Å². The van der Waals surface area contributed by atoms with Gasteiger partial charge in [0, 0.05) is 40.1 Å². The molecule has 2 atom stereocenters. The highest BCUT2D eigenvalue weighted by molar-refractivity contribution is 8.06. The van der Waals surface area contributed by atoms with E-state index >= 15 is 0 Å². The van der Waals surface area contributed by atoms with E-state index in [1.165, 1.54) is 28.4 Å². The largest absolute Gasteiger partial charge is 0.312 e. The van der Waals surface area contributed by atoms with Gasteiger partial charge < -0.3 is 5.32 Å². The number of fused-ring (bicyclic) bond motifs is 1. The minimum atomic E-state index is 0.617. The van der Waals surface area contributed by atoms with Crippen molar-refractivity contribution in [1.82, 2.24) is 5.32 Å². The maximum absolute atomic E-state index is 6.04. The average Bonchev–Trinajstić information content (AvgIpc) is 2.79. The van der Waals surface area contributed by atoms with Gasteiger partial charge in [-0.2, -0.15) is 23.5 Å². The summed E-state index contributed by atoms with van der Waals surface area (Å²) in [6.45, 7) is 1.16. The molecule has 18 heavy (non-hydrogen) atoms. The summed E-state index contributed by atoms with van der Waals surface area (Å²) in [5.74, 6) is 3.95. The molecule has 2 aliphatic rings. The normalized spacial score (nSPS) is 27.2. The van der Waals surface area contributed by atoms with Crippen molar-refractivity contribution >= 4 is 35.1 Å². The summed E-state index contributed by atoms with van der Waals surface area (Å²) in [5.41, 5.74) is 2.91. The minimum absolute atomic E-state index is 0.617. The van der Waals surface area contributed by atoms with Crippen LogP contribution in [0.4, 0.5) is 0 Å². The number of hydrogen-bond acceptors (Lipinski definition) is 3. The van der Waals surface area contributed by atoms with Gasteiger partial charge in [0.15, 0.2) is 0 Å². The average molecular weight is 300 g/mol. The maximum Gasteiger partial charge on any atom is 0.0408 e. The monoisotopic (exact) mass is 299 g/mol. The Labute approximate surface area is 122 Å². The number of halogens is 1. The fraction of sp³-hybridized carbons (Fsp3) is 0.571. The van der Waals surface area contributed by atoms with E-state index in [1.807, 2.05) is 6.07 Å². The van der Waals surface area contributed by atoms with E-state index in [2.05, 4.69) is 41.0 Å². The van der Waals surface area contributed by atoms with E-state index < -0.39 is 0 Å². The van der Waals surface area contributed by atoms with Crippen molar-refractivity contribution in [1.29, 1.82) is 0 Å². The third-order valence-corrected chi connectivity index (χ3v) is 6.70. The molecule has 4 heteroatoms. The molecular formula is C14H18ClNS2. The van der Waals surface area contributed by atoms with Gasteiger partial charge in [0.2, 0.25) is 0 Å². The number of rotatable bonds is 3. The fourth-order valence-corrected chi connectivity index (χ4v) is 5.50. The lowest BCUT2D eigenvalue weighted by atomic mass is 10.1. The Morgan fingerprint density at radius 1 is 1.22 bits per heavy atom. The molecule has 2 unspecified atom stereocenters. The smallest absolute Gasteiger partial charge is 0.0408 e. The number of nitrogens with one attached hydrogen (secondary N) is 1. The molecule has 1 nitrogen and oxygen atoms in total. The highest BCUT2D eigenvalue weighted by Gasteiger charge is 2.22. The first-order valence-electron chi connectivity index (χ1n) is 6.51. The Balaban J connectivity index is 1.51. The Morgan fingerprint density at radius 3 is 2.94 bits per heavy atom. The van der Waals surface area contributed by atoms with Crippen molar-refractivity contribution in [2.75, 3.05) is 23.8 Å². The van der Waals surface area contributed by atoms with Crippen LogP contribution in [0, 0.1) is 0 Å². The van der Waals surface area contributed by atoms with Crippen molar-refractivity contribution in [3.63, 3.8) is 0 Å². The van der Waals surface area contributed by atoms with Crippen molar-refractivity contribution in [3.05, 3.63) is 34.3 Å². The maximum atomic E-state index is 6.04. The summed E-state index contributed by atoms with van der Waals surface area (Å²) in [6, 6.07) is 6.94. The van der Waals surface area contributed by atoms with Crippen molar-refractivity contribution in [2.24, 2.45) is 0 Å². The lowest BCUT2D eigenvalue weighted by molar-refractivity contribution is 0.536. The summed E-state index contributed by atoms with van der Waals surface area (Å²) in [5, 5.41) is 5.41. The zero-order chi connectivity index (χ0) is 12.4. The second-order valence-corrected chi connectivity index (χ2v) is 7.99. The molecule has 0 saturated carbocycles. The molecule has 3 rings (SSSR count). The van der Waals surface area contributed by atoms with Crippen LogP contribution in [0.1, 0.15) is 11.1 Å². The van der Waals surface area contributed by atoms with E-state index in [1.54, 1.807) is 0 Å². The first-order chi connectivity index (χ1) is 8.81. The second-order valence-electron chi connectivity index (χ2n) is 4.99. The van der Waals surface area contributed by atoms with Gasteiger partial charge in [-0.1, -0.05) is 17.7 Å². The van der Waals surface area contributed by atoms with Crippen LogP contribution in [0.15, 0.2) is 18.2 Å². The Bertz CT molecular complexity index is 418. The summed E-state index contributed by atoms with van der Waals surface area (Å²) in [4.78, 5) is 0. The van der Waals surface area contributed by atoms with Crippen LogP contribution in [0.3, 0.4) is 0 Å². The Kier molecular flexibility index (Phi) is 4.45. The Morgan fingerprint density at radius 2 is 2.11 bits per heavy atom. The first kappa shape index (κ1) is 13.2. The van der Waals surface area contributed by atoms with E-state index in [4.69, 9.17) is 11.6 Å². The van der Waals surface area contributed by atoms with Gasteiger partial charge in [-0.15, -0.1) is 0 Å². The zero-order valence-corrected chi connectivity index (χ0v) is 12.7. The fourth-order valence-electron chi connectivity index (χ4n) is 2.68. The van der Waals surface area contributed by atoms with Gasteiger partial charge in [-0.3, -0.25) is 0 Å². The summed E-state index contributed by atoms with van der Waals surface area (Å²) >= 11 is 10.3. The number of benzene rings is 1. The van der Waals surface area contributed by atoms with Crippen molar-refractivity contribution in [2.45, 2.75) is 24.1 Å². The van der Waals surface area contributed by atoms with Crippen LogP contribution in [-0.2, 0) is 12.8 Å². The first-order valence-corrected chi connectivity index (χ1v) is 9.09. The number of hydrogen-bond donors (Lipinski definition) is 1. The predicted molar refractivity (Wildman–Crippen MR) is 84.2 cm³/mol. The molecule has 0 aromatic heterocycles. The molecular weight excluding hydrogens is 282 g/mol. The topological polar surface area (TPSA) is 12.0 Å². The Hall–Kier alpha value is 0.170. The predicted octanol–water partition coefficient (Wildman–Crippen LogP) is 3.25. The van der Waals surface area contributed by atoms with Crippen LogP contribution in [0.5, 0.6) is 0 Å². The molecule has 1 N–H and O–H groups in total. The molecule has 0 amide bonds. The molecule has 0 spiro atoms. The van der Waals surface area contributed by atoms with Crippen molar-refractivity contribution in [3.8, 4) is 0 Å². The molecule has 1 aromatic carbocycles.